The summed E-state index contributed by atoms with van der Waals surface area (Å²) in [7, 11) is 2.64. The Bertz CT molecular complexity index is 1210. The van der Waals surface area contributed by atoms with E-state index in [9.17, 15) is 14.4 Å². The van der Waals surface area contributed by atoms with Crippen LogP contribution in [0.25, 0.3) is 0 Å². The molecule has 190 valence electrons. The van der Waals surface area contributed by atoms with E-state index in [0.29, 0.717) is 23.3 Å². The van der Waals surface area contributed by atoms with Crippen molar-refractivity contribution in [3.8, 4) is 0 Å². The molecule has 1 aliphatic carbocycles. The summed E-state index contributed by atoms with van der Waals surface area (Å²) in [4.78, 5) is 43.2. The number of thiophene rings is 1. The van der Waals surface area contributed by atoms with Crippen LogP contribution in [0.5, 0.6) is 0 Å². The molecular formula is C28H32N2O5S. The van der Waals surface area contributed by atoms with E-state index in [0.717, 1.165) is 34.9 Å². The molecule has 0 saturated carbocycles. The third kappa shape index (κ3) is 4.46. The number of carbonyl (C=O) groups excluding carboxylic acids is 3. The molecule has 36 heavy (non-hydrogen) atoms. The zero-order valence-electron chi connectivity index (χ0n) is 21.3. The van der Waals surface area contributed by atoms with E-state index in [4.69, 9.17) is 9.47 Å². The van der Waals surface area contributed by atoms with Crippen molar-refractivity contribution in [2.24, 2.45) is 5.92 Å². The van der Waals surface area contributed by atoms with Crippen LogP contribution in [-0.4, -0.2) is 45.0 Å². The van der Waals surface area contributed by atoms with Crippen molar-refractivity contribution in [3.05, 3.63) is 74.8 Å². The number of esters is 2. The minimum Gasteiger partial charge on any atom is -0.468 e. The molecule has 1 N–H and O–H groups in total. The molecule has 2 heterocycles. The molecule has 0 unspecified atom stereocenters. The number of benzene rings is 1. The van der Waals surface area contributed by atoms with Crippen LogP contribution >= 0.6 is 11.3 Å². The molecule has 0 bridgehead atoms. The Morgan fingerprint density at radius 1 is 1.08 bits per heavy atom. The van der Waals surface area contributed by atoms with Crippen molar-refractivity contribution >= 4 is 34.7 Å². The first-order chi connectivity index (χ1) is 17.4. The summed E-state index contributed by atoms with van der Waals surface area (Å²) in [5, 5.41) is 5.25. The first kappa shape index (κ1) is 25.7. The molecule has 1 aromatic carbocycles. The van der Waals surface area contributed by atoms with E-state index in [2.05, 4.69) is 24.1 Å². The lowest BCUT2D eigenvalue weighted by atomic mass is 9.68. The zero-order chi connectivity index (χ0) is 26.0. The van der Waals surface area contributed by atoms with Gasteiger partial charge in [-0.3, -0.25) is 9.59 Å². The standard InChI is InChI=1S/C28H32N2O5S/c1-6-30(7-2)18-12-10-17(11-13-18)23-22(27(32)34-4)16(3)29-20-15-19(21-9-8-14-36-21)24(28(33)35-5)26(31)25(20)23/h8-14,19,23-24,29H,6-7,15H2,1-5H3/t19-,23+,24+/m0/s1. The summed E-state index contributed by atoms with van der Waals surface area (Å²) < 4.78 is 10.2. The van der Waals surface area contributed by atoms with Crippen molar-refractivity contribution in [3.63, 3.8) is 0 Å². The van der Waals surface area contributed by atoms with Gasteiger partial charge in [0.1, 0.15) is 5.92 Å². The molecule has 0 saturated heterocycles. The highest BCUT2D eigenvalue weighted by atomic mass is 32.1. The Morgan fingerprint density at radius 2 is 1.78 bits per heavy atom. The summed E-state index contributed by atoms with van der Waals surface area (Å²) in [5.41, 5.74) is 4.05. The third-order valence-corrected chi connectivity index (χ3v) is 8.15. The molecule has 0 spiro atoms. The van der Waals surface area contributed by atoms with Gasteiger partial charge in [0, 0.05) is 52.5 Å². The molecule has 3 atom stereocenters. The number of nitrogens with one attached hydrogen (secondary N) is 1. The number of nitrogens with zero attached hydrogens (tertiary/aromatic N) is 1. The number of methoxy groups -OCH3 is 2. The monoisotopic (exact) mass is 508 g/mol. The Hall–Kier alpha value is -3.39. The van der Waals surface area contributed by atoms with Gasteiger partial charge >= 0.3 is 11.9 Å². The highest BCUT2D eigenvalue weighted by molar-refractivity contribution is 7.10. The topological polar surface area (TPSA) is 84.9 Å². The summed E-state index contributed by atoms with van der Waals surface area (Å²) >= 11 is 1.52. The van der Waals surface area contributed by atoms with Crippen LogP contribution in [0.15, 0.2) is 64.3 Å². The van der Waals surface area contributed by atoms with Crippen molar-refractivity contribution in [2.45, 2.75) is 39.0 Å². The second kappa shape index (κ2) is 10.7. The van der Waals surface area contributed by atoms with Gasteiger partial charge in [-0.05, 0) is 56.3 Å². The number of hydrogen-bond donors (Lipinski definition) is 1. The minimum absolute atomic E-state index is 0.319. The number of carbonyl (C=O) groups is 3. The highest BCUT2D eigenvalue weighted by Crippen LogP contribution is 2.48. The number of allylic oxidation sites excluding steroid dienone is 3. The van der Waals surface area contributed by atoms with E-state index in [1.54, 1.807) is 0 Å². The number of ketones is 1. The number of rotatable bonds is 7. The fourth-order valence-electron chi connectivity index (χ4n) is 5.38. The molecule has 1 aliphatic heterocycles. The average Bonchev–Trinajstić information content (AvgIpc) is 3.43. The lowest BCUT2D eigenvalue weighted by molar-refractivity contribution is -0.149. The van der Waals surface area contributed by atoms with Crippen LogP contribution in [0.4, 0.5) is 5.69 Å². The maximum Gasteiger partial charge on any atom is 0.336 e. The van der Waals surface area contributed by atoms with Gasteiger partial charge in [-0.15, -0.1) is 11.3 Å². The lowest BCUT2D eigenvalue weighted by Crippen LogP contribution is -2.43. The Balaban J connectivity index is 1.86. The molecule has 1 aromatic heterocycles. The smallest absolute Gasteiger partial charge is 0.336 e. The summed E-state index contributed by atoms with van der Waals surface area (Å²) in [6.07, 6.45) is 0.460. The second-order valence-corrected chi connectivity index (χ2v) is 9.91. The first-order valence-corrected chi connectivity index (χ1v) is 13.0. The minimum atomic E-state index is -0.982. The van der Waals surface area contributed by atoms with E-state index < -0.39 is 23.8 Å². The average molecular weight is 509 g/mol. The Morgan fingerprint density at radius 3 is 2.33 bits per heavy atom. The van der Waals surface area contributed by atoms with Gasteiger partial charge in [-0.2, -0.15) is 0 Å². The molecule has 2 aromatic rings. The molecule has 4 rings (SSSR count). The van der Waals surface area contributed by atoms with Gasteiger partial charge in [-0.1, -0.05) is 18.2 Å². The van der Waals surface area contributed by atoms with Crippen LogP contribution in [0.2, 0.25) is 0 Å². The molecule has 0 amide bonds. The fourth-order valence-corrected chi connectivity index (χ4v) is 6.25. The highest BCUT2D eigenvalue weighted by Gasteiger charge is 2.49. The van der Waals surface area contributed by atoms with Crippen LogP contribution < -0.4 is 10.2 Å². The third-order valence-electron chi connectivity index (χ3n) is 7.14. The predicted octanol–water partition coefficient (Wildman–Crippen LogP) is 4.53. The Kier molecular flexibility index (Phi) is 7.64. The summed E-state index contributed by atoms with van der Waals surface area (Å²) in [5.74, 6) is -3.36. The SMILES string of the molecule is CCN(CC)c1ccc([C@@H]2C(C(=O)OC)=C(C)NC3=C2C(=O)[C@H](C(=O)OC)[C@H](c2cccs2)C3)cc1. The molecular weight excluding hydrogens is 476 g/mol. The van der Waals surface area contributed by atoms with Gasteiger partial charge in [-0.25, -0.2) is 4.79 Å². The molecule has 2 aliphatic rings. The lowest BCUT2D eigenvalue weighted by Gasteiger charge is -2.39. The molecule has 7 nitrogen and oxygen atoms in total. The van der Waals surface area contributed by atoms with Gasteiger partial charge in [0.2, 0.25) is 0 Å². The van der Waals surface area contributed by atoms with Crippen LogP contribution in [0.1, 0.15) is 49.5 Å². The van der Waals surface area contributed by atoms with E-state index in [1.165, 1.54) is 25.6 Å². The molecule has 0 radical (unpaired) electrons. The van der Waals surface area contributed by atoms with Crippen LogP contribution in [0, 0.1) is 5.92 Å². The maximum absolute atomic E-state index is 14.1. The van der Waals surface area contributed by atoms with Crippen LogP contribution in [0.3, 0.4) is 0 Å². The van der Waals surface area contributed by atoms with Gasteiger partial charge in [0.15, 0.2) is 5.78 Å². The maximum atomic E-state index is 14.1. The van der Waals surface area contributed by atoms with Crippen molar-refractivity contribution in [1.29, 1.82) is 0 Å². The number of ether oxygens (including phenoxy) is 2. The predicted molar refractivity (Wildman–Crippen MR) is 140 cm³/mol. The number of Topliss-reactive ketones (excluding diaryl/α,β-unsaturated/α-hetero) is 1. The van der Waals surface area contributed by atoms with Gasteiger partial charge < -0.3 is 19.7 Å². The van der Waals surface area contributed by atoms with Gasteiger partial charge in [0.25, 0.3) is 0 Å². The molecule has 0 fully saturated rings. The van der Waals surface area contributed by atoms with Crippen molar-refractivity contribution in [2.75, 3.05) is 32.2 Å². The zero-order valence-corrected chi connectivity index (χ0v) is 22.1. The number of anilines is 1. The fraction of sp³-hybridized carbons (Fsp3) is 0.393. The van der Waals surface area contributed by atoms with E-state index >= 15 is 0 Å². The summed E-state index contributed by atoms with van der Waals surface area (Å²) in [6.45, 7) is 7.76. The molecule has 8 heteroatoms. The quantitative estimate of drug-likeness (QED) is 0.435. The number of hydrogen-bond acceptors (Lipinski definition) is 8. The normalized spacial score (nSPS) is 21.6. The largest absolute Gasteiger partial charge is 0.468 e. The van der Waals surface area contributed by atoms with Crippen molar-refractivity contribution < 1.29 is 23.9 Å². The van der Waals surface area contributed by atoms with E-state index in [-0.39, 0.29) is 11.7 Å². The van der Waals surface area contributed by atoms with Crippen molar-refractivity contribution in [1.82, 2.24) is 5.32 Å². The van der Waals surface area contributed by atoms with Gasteiger partial charge in [0.05, 0.1) is 19.8 Å². The first-order valence-electron chi connectivity index (χ1n) is 12.2. The van der Waals surface area contributed by atoms with E-state index in [1.807, 2.05) is 48.7 Å². The Labute approximate surface area is 215 Å². The second-order valence-electron chi connectivity index (χ2n) is 8.94. The summed E-state index contributed by atoms with van der Waals surface area (Å²) in [6, 6.07) is 11.8. The number of dihydropyridines is 1. The van der Waals surface area contributed by atoms with Crippen LogP contribution in [-0.2, 0) is 23.9 Å².